The molecule has 0 saturated heterocycles. The third kappa shape index (κ3) is 5.61. The molecule has 1 aromatic rings. The van der Waals surface area contributed by atoms with E-state index in [1.165, 1.54) is 0 Å². The minimum atomic E-state index is -3.13. The predicted molar refractivity (Wildman–Crippen MR) is 76.2 cm³/mol. The second-order valence-electron chi connectivity index (χ2n) is 4.69. The molecule has 1 N–H and O–H groups in total. The summed E-state index contributed by atoms with van der Waals surface area (Å²) in [6.07, 6.45) is 1.99. The summed E-state index contributed by atoms with van der Waals surface area (Å²) in [4.78, 5) is 0. The summed E-state index contributed by atoms with van der Waals surface area (Å²) < 4.78 is 29.2. The molecule has 0 aliphatic heterocycles. The van der Waals surface area contributed by atoms with Crippen molar-refractivity contribution in [1.82, 2.24) is 0 Å². The van der Waals surface area contributed by atoms with Gasteiger partial charge in [0.05, 0.1) is 18.6 Å². The number of unbranched alkanes of at least 4 members (excludes halogenated alkanes) is 2. The number of hydrogen-bond donors (Lipinski definition) is 1. The summed E-state index contributed by atoms with van der Waals surface area (Å²) in [5.74, 6) is 0.783. The first-order chi connectivity index (χ1) is 8.98. The van der Waals surface area contributed by atoms with Crippen molar-refractivity contribution in [3.8, 4) is 5.75 Å². The van der Waals surface area contributed by atoms with Crippen LogP contribution in [0.1, 0.15) is 30.4 Å². The van der Waals surface area contributed by atoms with Crippen molar-refractivity contribution in [3.63, 3.8) is 0 Å². The molecule has 0 fully saturated rings. The van der Waals surface area contributed by atoms with Gasteiger partial charge in [0.25, 0.3) is 0 Å². The summed E-state index contributed by atoms with van der Waals surface area (Å²) in [6.45, 7) is 2.04. The smallest absolute Gasteiger partial charge is 0.154 e. The lowest BCUT2D eigenvalue weighted by molar-refractivity contribution is 0.284. The van der Waals surface area contributed by atoms with Crippen molar-refractivity contribution < 1.29 is 18.3 Å². The zero-order valence-corrected chi connectivity index (χ0v) is 12.4. The van der Waals surface area contributed by atoms with E-state index in [4.69, 9.17) is 9.84 Å². The molecule has 4 nitrogen and oxygen atoms in total. The highest BCUT2D eigenvalue weighted by molar-refractivity contribution is 7.90. The first kappa shape index (κ1) is 16.0. The van der Waals surface area contributed by atoms with Crippen LogP contribution in [-0.2, 0) is 15.6 Å². The van der Waals surface area contributed by atoms with Crippen LogP contribution in [0.3, 0.4) is 0 Å². The predicted octanol–water partition coefficient (Wildman–Crippen LogP) is 2.08. The number of aryl methyl sites for hydroxylation is 1. The Labute approximate surface area is 115 Å². The van der Waals surface area contributed by atoms with Gasteiger partial charge in [0.2, 0.25) is 0 Å². The van der Waals surface area contributed by atoms with Crippen LogP contribution >= 0.6 is 0 Å². The van der Waals surface area contributed by atoms with Gasteiger partial charge in [-0.1, -0.05) is 24.1 Å². The molecule has 0 radical (unpaired) electrons. The Morgan fingerprint density at radius 3 is 2.58 bits per heavy atom. The van der Waals surface area contributed by atoms with Crippen LogP contribution in [0.25, 0.3) is 0 Å². The lowest BCUT2D eigenvalue weighted by Gasteiger charge is -2.10. The van der Waals surface area contributed by atoms with E-state index in [1.807, 2.05) is 19.1 Å². The molecule has 0 heterocycles. The van der Waals surface area contributed by atoms with E-state index < -0.39 is 9.84 Å². The second-order valence-corrected chi connectivity index (χ2v) is 6.88. The fourth-order valence-electron chi connectivity index (χ4n) is 1.94. The number of ether oxygens (including phenoxy) is 1. The number of benzene rings is 1. The van der Waals surface area contributed by atoms with Crippen LogP contribution in [0.5, 0.6) is 5.75 Å². The van der Waals surface area contributed by atoms with E-state index in [2.05, 4.69) is 0 Å². The Bertz CT molecular complexity index is 494. The fraction of sp³-hybridized carbons (Fsp3) is 0.571. The van der Waals surface area contributed by atoms with Gasteiger partial charge in [-0.05, 0) is 25.8 Å². The van der Waals surface area contributed by atoms with Crippen LogP contribution in [0.4, 0.5) is 0 Å². The number of hydrogen-bond acceptors (Lipinski definition) is 4. The van der Waals surface area contributed by atoms with Gasteiger partial charge in [0.1, 0.15) is 5.75 Å². The molecule has 0 aromatic heterocycles. The van der Waals surface area contributed by atoms with Crippen LogP contribution in [0.15, 0.2) is 18.2 Å². The van der Waals surface area contributed by atoms with Crippen molar-refractivity contribution in [2.24, 2.45) is 0 Å². The molecule has 0 saturated carbocycles. The van der Waals surface area contributed by atoms with Crippen LogP contribution < -0.4 is 4.74 Å². The minimum absolute atomic E-state index is 0.0109. The van der Waals surface area contributed by atoms with Gasteiger partial charge in [0.15, 0.2) is 9.84 Å². The molecule has 0 unspecified atom stereocenters. The SMILES string of the molecule is COc1ccc(C)cc1CS(=O)(=O)CCCCCO. The highest BCUT2D eigenvalue weighted by Gasteiger charge is 2.15. The third-order valence-corrected chi connectivity index (χ3v) is 4.59. The van der Waals surface area contributed by atoms with Gasteiger partial charge in [0, 0.05) is 12.2 Å². The van der Waals surface area contributed by atoms with E-state index >= 15 is 0 Å². The number of aliphatic hydroxyl groups is 1. The normalized spacial score (nSPS) is 11.5. The monoisotopic (exact) mass is 286 g/mol. The molecular formula is C14H22O4S. The maximum Gasteiger partial charge on any atom is 0.154 e. The van der Waals surface area contributed by atoms with E-state index in [0.717, 1.165) is 12.0 Å². The van der Waals surface area contributed by atoms with Crippen molar-refractivity contribution in [3.05, 3.63) is 29.3 Å². The number of sulfone groups is 1. The van der Waals surface area contributed by atoms with Crippen molar-refractivity contribution in [2.75, 3.05) is 19.5 Å². The second kappa shape index (κ2) is 7.50. The molecule has 0 atom stereocenters. The van der Waals surface area contributed by atoms with Gasteiger partial charge in [-0.2, -0.15) is 0 Å². The summed E-state index contributed by atoms with van der Waals surface area (Å²) in [5, 5.41) is 8.66. The van der Waals surface area contributed by atoms with Crippen LogP contribution in [0.2, 0.25) is 0 Å². The molecule has 19 heavy (non-hydrogen) atoms. The molecule has 5 heteroatoms. The van der Waals surface area contributed by atoms with Crippen molar-refractivity contribution in [2.45, 2.75) is 31.9 Å². The molecule has 0 aliphatic carbocycles. The Morgan fingerprint density at radius 2 is 1.95 bits per heavy atom. The molecule has 0 aliphatic rings. The number of methoxy groups -OCH3 is 1. The zero-order chi connectivity index (χ0) is 14.3. The van der Waals surface area contributed by atoms with E-state index in [9.17, 15) is 8.42 Å². The van der Waals surface area contributed by atoms with Gasteiger partial charge in [-0.25, -0.2) is 8.42 Å². The highest BCUT2D eigenvalue weighted by atomic mass is 32.2. The Kier molecular flexibility index (Phi) is 6.31. The molecular weight excluding hydrogens is 264 g/mol. The molecule has 0 amide bonds. The Balaban J connectivity index is 2.69. The lowest BCUT2D eigenvalue weighted by Crippen LogP contribution is -2.10. The summed E-state index contributed by atoms with van der Waals surface area (Å²) in [5.41, 5.74) is 1.73. The van der Waals surface area contributed by atoms with Crippen molar-refractivity contribution in [1.29, 1.82) is 0 Å². The topological polar surface area (TPSA) is 63.6 Å². The molecule has 108 valence electrons. The summed E-state index contributed by atoms with van der Waals surface area (Å²) in [7, 11) is -1.58. The Hall–Kier alpha value is -1.07. The lowest BCUT2D eigenvalue weighted by atomic mass is 10.1. The molecule has 1 aromatic carbocycles. The summed E-state index contributed by atoms with van der Waals surface area (Å²) >= 11 is 0. The quantitative estimate of drug-likeness (QED) is 0.743. The Morgan fingerprint density at radius 1 is 1.21 bits per heavy atom. The van der Waals surface area contributed by atoms with Gasteiger partial charge < -0.3 is 9.84 Å². The highest BCUT2D eigenvalue weighted by Crippen LogP contribution is 2.22. The molecule has 0 bridgehead atoms. The number of rotatable bonds is 8. The molecule has 0 spiro atoms. The maximum absolute atomic E-state index is 12.0. The van der Waals surface area contributed by atoms with Crippen LogP contribution in [-0.4, -0.2) is 33.0 Å². The van der Waals surface area contributed by atoms with Gasteiger partial charge >= 0.3 is 0 Å². The van der Waals surface area contributed by atoms with Crippen LogP contribution in [0, 0.1) is 6.92 Å². The van der Waals surface area contributed by atoms with Gasteiger partial charge in [-0.15, -0.1) is 0 Å². The first-order valence-electron chi connectivity index (χ1n) is 6.43. The zero-order valence-electron chi connectivity index (χ0n) is 11.6. The first-order valence-corrected chi connectivity index (χ1v) is 8.25. The average Bonchev–Trinajstić information content (AvgIpc) is 2.34. The van der Waals surface area contributed by atoms with Crippen molar-refractivity contribution >= 4 is 9.84 Å². The van der Waals surface area contributed by atoms with E-state index in [1.54, 1.807) is 13.2 Å². The fourth-order valence-corrected chi connectivity index (χ4v) is 3.43. The van der Waals surface area contributed by atoms with E-state index in [0.29, 0.717) is 24.2 Å². The number of aliphatic hydroxyl groups excluding tert-OH is 1. The van der Waals surface area contributed by atoms with Gasteiger partial charge in [-0.3, -0.25) is 0 Å². The standard InChI is InChI=1S/C14H22O4S/c1-12-6-7-14(18-2)13(10-12)11-19(16,17)9-5-3-4-8-15/h6-7,10,15H,3-5,8-9,11H2,1-2H3. The minimum Gasteiger partial charge on any atom is -0.496 e. The largest absolute Gasteiger partial charge is 0.496 e. The summed E-state index contributed by atoms with van der Waals surface area (Å²) in [6, 6.07) is 5.55. The third-order valence-electron chi connectivity index (χ3n) is 2.92. The van der Waals surface area contributed by atoms with E-state index in [-0.39, 0.29) is 18.1 Å². The molecule has 1 rings (SSSR count). The average molecular weight is 286 g/mol. The maximum atomic E-state index is 12.0.